The topological polar surface area (TPSA) is 67.6 Å². The minimum absolute atomic E-state index is 0.104. The SMILES string of the molecule is NCc1cc(NC(=O)N2CCOCC2)ccc1F. The Morgan fingerprint density at radius 3 is 2.83 bits per heavy atom. The van der Waals surface area contributed by atoms with Gasteiger partial charge in [-0.15, -0.1) is 0 Å². The second kappa shape index (κ2) is 5.79. The molecule has 0 atom stereocenters. The van der Waals surface area contributed by atoms with E-state index in [0.717, 1.165) is 0 Å². The molecule has 1 aliphatic rings. The Balaban J connectivity index is 2.02. The largest absolute Gasteiger partial charge is 0.378 e. The number of amides is 2. The Hall–Kier alpha value is -1.66. The van der Waals surface area contributed by atoms with Crippen LogP contribution in [0.15, 0.2) is 18.2 Å². The van der Waals surface area contributed by atoms with E-state index in [2.05, 4.69) is 5.32 Å². The lowest BCUT2D eigenvalue weighted by Crippen LogP contribution is -2.43. The van der Waals surface area contributed by atoms with Crippen molar-refractivity contribution in [1.29, 1.82) is 0 Å². The van der Waals surface area contributed by atoms with Crippen LogP contribution >= 0.6 is 0 Å². The standard InChI is InChI=1S/C12H16FN3O2/c13-11-2-1-10(7-9(11)8-14)15-12(17)16-3-5-18-6-4-16/h1-2,7H,3-6,8,14H2,(H,15,17). The third-order valence-corrected chi connectivity index (χ3v) is 2.82. The first kappa shape index (κ1) is 12.8. The number of carbonyl (C=O) groups excluding carboxylic acids is 1. The molecule has 0 unspecified atom stereocenters. The molecule has 0 aliphatic carbocycles. The smallest absolute Gasteiger partial charge is 0.321 e. The summed E-state index contributed by atoms with van der Waals surface area (Å²) < 4.78 is 18.4. The molecule has 1 aliphatic heterocycles. The van der Waals surface area contributed by atoms with E-state index in [1.807, 2.05) is 0 Å². The van der Waals surface area contributed by atoms with Crippen LogP contribution in [0.5, 0.6) is 0 Å². The number of nitrogens with zero attached hydrogens (tertiary/aromatic N) is 1. The lowest BCUT2D eigenvalue weighted by molar-refractivity contribution is 0.0564. The van der Waals surface area contributed by atoms with Crippen LogP contribution in [0.4, 0.5) is 14.9 Å². The molecule has 5 nitrogen and oxygen atoms in total. The van der Waals surface area contributed by atoms with E-state index < -0.39 is 0 Å². The number of morpholine rings is 1. The first-order valence-corrected chi connectivity index (χ1v) is 5.83. The van der Waals surface area contributed by atoms with Crippen molar-refractivity contribution in [1.82, 2.24) is 4.90 Å². The van der Waals surface area contributed by atoms with Crippen molar-refractivity contribution in [3.8, 4) is 0 Å². The maximum absolute atomic E-state index is 13.2. The van der Waals surface area contributed by atoms with Crippen molar-refractivity contribution in [2.75, 3.05) is 31.6 Å². The highest BCUT2D eigenvalue weighted by Crippen LogP contribution is 2.15. The Kier molecular flexibility index (Phi) is 4.11. The lowest BCUT2D eigenvalue weighted by Gasteiger charge is -2.27. The lowest BCUT2D eigenvalue weighted by atomic mass is 10.2. The third-order valence-electron chi connectivity index (χ3n) is 2.82. The molecule has 3 N–H and O–H groups in total. The Morgan fingerprint density at radius 2 is 2.17 bits per heavy atom. The summed E-state index contributed by atoms with van der Waals surface area (Å²) in [6, 6.07) is 4.17. The highest BCUT2D eigenvalue weighted by atomic mass is 19.1. The van der Waals surface area contributed by atoms with Crippen molar-refractivity contribution < 1.29 is 13.9 Å². The highest BCUT2D eigenvalue weighted by Gasteiger charge is 2.16. The van der Waals surface area contributed by atoms with Crippen LogP contribution in [0, 0.1) is 5.82 Å². The number of halogens is 1. The minimum Gasteiger partial charge on any atom is -0.378 e. The highest BCUT2D eigenvalue weighted by molar-refractivity contribution is 5.89. The van der Waals surface area contributed by atoms with E-state index in [9.17, 15) is 9.18 Å². The Labute approximate surface area is 105 Å². The fourth-order valence-corrected chi connectivity index (χ4v) is 1.78. The van der Waals surface area contributed by atoms with Crippen LogP contribution in [-0.4, -0.2) is 37.2 Å². The average Bonchev–Trinajstić information content (AvgIpc) is 2.42. The first-order valence-electron chi connectivity index (χ1n) is 5.83. The summed E-state index contributed by atoms with van der Waals surface area (Å²) in [6.07, 6.45) is 0. The van der Waals surface area contributed by atoms with E-state index in [-0.39, 0.29) is 18.4 Å². The van der Waals surface area contributed by atoms with Crippen LogP contribution in [0.1, 0.15) is 5.56 Å². The van der Waals surface area contributed by atoms with Crippen molar-refractivity contribution in [2.45, 2.75) is 6.54 Å². The van der Waals surface area contributed by atoms with E-state index in [4.69, 9.17) is 10.5 Å². The van der Waals surface area contributed by atoms with Crippen molar-refractivity contribution in [3.63, 3.8) is 0 Å². The molecule has 1 aromatic carbocycles. The molecule has 0 spiro atoms. The number of nitrogens with two attached hydrogens (primary N) is 1. The zero-order valence-corrected chi connectivity index (χ0v) is 9.99. The summed E-state index contributed by atoms with van der Waals surface area (Å²) in [5, 5.41) is 2.72. The molecule has 0 saturated carbocycles. The minimum atomic E-state index is -0.359. The summed E-state index contributed by atoms with van der Waals surface area (Å²) in [5.74, 6) is -0.359. The van der Waals surface area contributed by atoms with E-state index >= 15 is 0 Å². The first-order chi connectivity index (χ1) is 8.70. The Morgan fingerprint density at radius 1 is 1.44 bits per heavy atom. The molecule has 1 fully saturated rings. The Bertz CT molecular complexity index is 433. The molecule has 98 valence electrons. The second-order valence-corrected chi connectivity index (χ2v) is 4.04. The van der Waals surface area contributed by atoms with Gasteiger partial charge in [0.05, 0.1) is 13.2 Å². The number of rotatable bonds is 2. The van der Waals surface area contributed by atoms with Gasteiger partial charge < -0.3 is 20.7 Å². The summed E-state index contributed by atoms with van der Waals surface area (Å²) in [7, 11) is 0. The second-order valence-electron chi connectivity index (χ2n) is 4.04. The zero-order valence-electron chi connectivity index (χ0n) is 9.99. The number of hydrogen-bond acceptors (Lipinski definition) is 3. The molecular weight excluding hydrogens is 237 g/mol. The molecule has 2 rings (SSSR count). The van der Waals surface area contributed by atoms with E-state index in [0.29, 0.717) is 37.6 Å². The van der Waals surface area contributed by atoms with Crippen LogP contribution in [-0.2, 0) is 11.3 Å². The maximum Gasteiger partial charge on any atom is 0.321 e. The molecular formula is C12H16FN3O2. The van der Waals surface area contributed by atoms with Gasteiger partial charge in [-0.2, -0.15) is 0 Å². The van der Waals surface area contributed by atoms with Gasteiger partial charge in [0, 0.05) is 30.9 Å². The summed E-state index contributed by atoms with van der Waals surface area (Å²) in [6.45, 7) is 2.33. The molecule has 18 heavy (non-hydrogen) atoms. The van der Waals surface area contributed by atoms with Crippen molar-refractivity contribution in [2.24, 2.45) is 5.73 Å². The molecule has 0 bridgehead atoms. The number of carbonyl (C=O) groups is 1. The number of hydrogen-bond donors (Lipinski definition) is 2. The van der Waals surface area contributed by atoms with E-state index in [1.165, 1.54) is 12.1 Å². The van der Waals surface area contributed by atoms with Gasteiger partial charge in [-0.1, -0.05) is 0 Å². The van der Waals surface area contributed by atoms with Gasteiger partial charge in [0.15, 0.2) is 0 Å². The number of anilines is 1. The van der Waals surface area contributed by atoms with Crippen molar-refractivity contribution >= 4 is 11.7 Å². The summed E-state index contributed by atoms with van der Waals surface area (Å²) >= 11 is 0. The van der Waals surface area contributed by atoms with Crippen LogP contribution < -0.4 is 11.1 Å². The van der Waals surface area contributed by atoms with Gasteiger partial charge >= 0.3 is 6.03 Å². The summed E-state index contributed by atoms with van der Waals surface area (Å²) in [4.78, 5) is 13.5. The van der Waals surface area contributed by atoms with Gasteiger partial charge in [0.2, 0.25) is 0 Å². The monoisotopic (exact) mass is 253 g/mol. The molecule has 0 radical (unpaired) electrons. The molecule has 2 amide bonds. The summed E-state index contributed by atoms with van der Waals surface area (Å²) in [5.41, 5.74) is 6.35. The van der Waals surface area contributed by atoms with Crippen LogP contribution in [0.2, 0.25) is 0 Å². The zero-order chi connectivity index (χ0) is 13.0. The third kappa shape index (κ3) is 2.96. The predicted octanol–water partition coefficient (Wildman–Crippen LogP) is 1.15. The maximum atomic E-state index is 13.2. The van der Waals surface area contributed by atoms with Crippen LogP contribution in [0.3, 0.4) is 0 Å². The molecule has 1 heterocycles. The number of urea groups is 1. The van der Waals surface area contributed by atoms with Crippen LogP contribution in [0.25, 0.3) is 0 Å². The van der Waals surface area contributed by atoms with Gasteiger partial charge in [-0.3, -0.25) is 0 Å². The molecule has 6 heteroatoms. The quantitative estimate of drug-likeness (QED) is 0.830. The van der Waals surface area contributed by atoms with Gasteiger partial charge in [-0.05, 0) is 18.2 Å². The number of nitrogens with one attached hydrogen (secondary N) is 1. The van der Waals surface area contributed by atoms with Gasteiger partial charge in [0.1, 0.15) is 5.82 Å². The normalized spacial score (nSPS) is 15.6. The number of benzene rings is 1. The predicted molar refractivity (Wildman–Crippen MR) is 65.7 cm³/mol. The molecule has 0 aromatic heterocycles. The molecule has 1 saturated heterocycles. The van der Waals surface area contributed by atoms with Gasteiger partial charge in [0.25, 0.3) is 0 Å². The van der Waals surface area contributed by atoms with E-state index in [1.54, 1.807) is 11.0 Å². The fourth-order valence-electron chi connectivity index (χ4n) is 1.78. The average molecular weight is 253 g/mol. The fraction of sp³-hybridized carbons (Fsp3) is 0.417. The molecule has 1 aromatic rings. The number of ether oxygens (including phenoxy) is 1. The van der Waals surface area contributed by atoms with Crippen molar-refractivity contribution in [3.05, 3.63) is 29.6 Å². The van der Waals surface area contributed by atoms with Gasteiger partial charge in [-0.25, -0.2) is 9.18 Å².